The molecule has 0 saturated carbocycles. The van der Waals surface area contributed by atoms with Crippen molar-refractivity contribution in [2.24, 2.45) is 0 Å². The quantitative estimate of drug-likeness (QED) is 0.724. The normalized spacial score (nSPS) is 14.0. The summed E-state index contributed by atoms with van der Waals surface area (Å²) in [7, 11) is 0. The summed E-state index contributed by atoms with van der Waals surface area (Å²) >= 11 is 0. The molecule has 0 bridgehead atoms. The number of anilines is 2. The van der Waals surface area contributed by atoms with Crippen molar-refractivity contribution in [3.63, 3.8) is 0 Å². The third-order valence-corrected chi connectivity index (χ3v) is 4.91. The Hall–Kier alpha value is -3.48. The lowest BCUT2D eigenvalue weighted by Crippen LogP contribution is -2.49. The van der Waals surface area contributed by atoms with Crippen LogP contribution in [0.5, 0.6) is 0 Å². The number of rotatable bonds is 5. The molecule has 4 rings (SSSR count). The highest BCUT2D eigenvalue weighted by molar-refractivity contribution is 5.92. The molecule has 7 nitrogen and oxygen atoms in total. The van der Waals surface area contributed by atoms with Gasteiger partial charge in [0.2, 0.25) is 5.95 Å². The molecule has 0 radical (unpaired) electrons. The lowest BCUT2D eigenvalue weighted by Gasteiger charge is -2.35. The summed E-state index contributed by atoms with van der Waals surface area (Å²) in [4.78, 5) is 30.3. The first-order chi connectivity index (χ1) is 14.2. The molecule has 1 N–H and O–H groups in total. The molecular formula is C22H24N6O. The van der Waals surface area contributed by atoms with E-state index in [1.807, 2.05) is 60.4 Å². The molecule has 1 fully saturated rings. The molecule has 0 unspecified atom stereocenters. The summed E-state index contributed by atoms with van der Waals surface area (Å²) in [6.07, 6.45) is 1.79. The van der Waals surface area contributed by atoms with E-state index in [9.17, 15) is 4.79 Å². The zero-order valence-electron chi connectivity index (χ0n) is 16.5. The second-order valence-corrected chi connectivity index (χ2v) is 7.02. The number of pyridine rings is 1. The van der Waals surface area contributed by atoms with Gasteiger partial charge in [-0.1, -0.05) is 36.4 Å². The van der Waals surface area contributed by atoms with Crippen LogP contribution in [-0.2, 0) is 6.54 Å². The molecule has 3 heterocycles. The summed E-state index contributed by atoms with van der Waals surface area (Å²) < 4.78 is 0. The van der Waals surface area contributed by atoms with E-state index in [2.05, 4.69) is 25.2 Å². The second kappa shape index (κ2) is 8.68. The third kappa shape index (κ3) is 4.68. The first-order valence-electron chi connectivity index (χ1n) is 9.78. The average molecular weight is 388 g/mol. The van der Waals surface area contributed by atoms with Gasteiger partial charge in [0, 0.05) is 44.6 Å². The monoisotopic (exact) mass is 388 g/mol. The van der Waals surface area contributed by atoms with Crippen LogP contribution in [0.4, 0.5) is 11.8 Å². The van der Waals surface area contributed by atoms with E-state index in [0.29, 0.717) is 31.3 Å². The SMILES string of the molecule is Cc1cc(C(=O)N2CCN(c3ccccn3)CC2)nc(NCc2ccccc2)n1. The van der Waals surface area contributed by atoms with Crippen molar-refractivity contribution in [1.82, 2.24) is 19.9 Å². The van der Waals surface area contributed by atoms with Crippen LogP contribution in [0, 0.1) is 6.92 Å². The summed E-state index contributed by atoms with van der Waals surface area (Å²) in [6.45, 7) is 5.29. The molecule has 3 aromatic rings. The maximum absolute atomic E-state index is 13.0. The summed E-state index contributed by atoms with van der Waals surface area (Å²) in [5.74, 6) is 1.37. The fraction of sp³-hybridized carbons (Fsp3) is 0.273. The molecule has 1 aliphatic rings. The topological polar surface area (TPSA) is 74.2 Å². The first-order valence-corrected chi connectivity index (χ1v) is 9.78. The third-order valence-electron chi connectivity index (χ3n) is 4.91. The van der Waals surface area contributed by atoms with Gasteiger partial charge in [0.1, 0.15) is 11.5 Å². The van der Waals surface area contributed by atoms with Crippen LogP contribution in [0.25, 0.3) is 0 Å². The first kappa shape index (κ1) is 18.9. The Morgan fingerprint density at radius 3 is 2.48 bits per heavy atom. The maximum atomic E-state index is 13.0. The minimum absolute atomic E-state index is 0.0565. The van der Waals surface area contributed by atoms with Gasteiger partial charge in [-0.15, -0.1) is 0 Å². The van der Waals surface area contributed by atoms with E-state index in [0.717, 1.165) is 30.2 Å². The predicted octanol–water partition coefficient (Wildman–Crippen LogP) is 2.75. The Kier molecular flexibility index (Phi) is 5.65. The number of aryl methyl sites for hydroxylation is 1. The van der Waals surface area contributed by atoms with Crippen LogP contribution in [0.1, 0.15) is 21.7 Å². The predicted molar refractivity (Wildman–Crippen MR) is 113 cm³/mol. The van der Waals surface area contributed by atoms with Crippen LogP contribution in [-0.4, -0.2) is 51.9 Å². The van der Waals surface area contributed by atoms with Crippen molar-refractivity contribution < 1.29 is 4.79 Å². The van der Waals surface area contributed by atoms with Crippen molar-refractivity contribution in [1.29, 1.82) is 0 Å². The van der Waals surface area contributed by atoms with Crippen molar-refractivity contribution in [3.8, 4) is 0 Å². The molecule has 1 saturated heterocycles. The Labute approximate surface area is 170 Å². The molecule has 0 atom stereocenters. The van der Waals surface area contributed by atoms with Gasteiger partial charge >= 0.3 is 0 Å². The van der Waals surface area contributed by atoms with Gasteiger partial charge in [-0.3, -0.25) is 4.79 Å². The molecule has 0 aliphatic carbocycles. The molecular weight excluding hydrogens is 364 g/mol. The minimum atomic E-state index is -0.0565. The fourth-order valence-corrected chi connectivity index (χ4v) is 3.38. The number of benzene rings is 1. The van der Waals surface area contributed by atoms with E-state index in [-0.39, 0.29) is 5.91 Å². The van der Waals surface area contributed by atoms with E-state index in [1.165, 1.54) is 0 Å². The highest BCUT2D eigenvalue weighted by Crippen LogP contribution is 2.15. The summed E-state index contributed by atoms with van der Waals surface area (Å²) in [5.41, 5.74) is 2.33. The molecule has 0 spiro atoms. The highest BCUT2D eigenvalue weighted by atomic mass is 16.2. The van der Waals surface area contributed by atoms with Crippen LogP contribution < -0.4 is 10.2 Å². The largest absolute Gasteiger partial charge is 0.353 e. The van der Waals surface area contributed by atoms with Gasteiger partial charge < -0.3 is 15.1 Å². The van der Waals surface area contributed by atoms with E-state index in [1.54, 1.807) is 12.3 Å². The van der Waals surface area contributed by atoms with E-state index < -0.39 is 0 Å². The molecule has 148 valence electrons. The Balaban J connectivity index is 1.40. The number of carbonyl (C=O) groups is 1. The minimum Gasteiger partial charge on any atom is -0.353 e. The maximum Gasteiger partial charge on any atom is 0.272 e. The zero-order chi connectivity index (χ0) is 20.1. The zero-order valence-corrected chi connectivity index (χ0v) is 16.5. The number of carbonyl (C=O) groups excluding carboxylic acids is 1. The second-order valence-electron chi connectivity index (χ2n) is 7.02. The van der Waals surface area contributed by atoms with Crippen molar-refractivity contribution >= 4 is 17.7 Å². The van der Waals surface area contributed by atoms with Crippen LogP contribution in [0.15, 0.2) is 60.8 Å². The number of amides is 1. The molecule has 1 aliphatic heterocycles. The highest BCUT2D eigenvalue weighted by Gasteiger charge is 2.24. The molecule has 1 amide bonds. The number of hydrogen-bond acceptors (Lipinski definition) is 6. The molecule has 7 heteroatoms. The molecule has 29 heavy (non-hydrogen) atoms. The van der Waals surface area contributed by atoms with Crippen molar-refractivity contribution in [3.05, 3.63) is 77.7 Å². The number of piperazine rings is 1. The lowest BCUT2D eigenvalue weighted by molar-refractivity contribution is 0.0740. The Morgan fingerprint density at radius 1 is 1.00 bits per heavy atom. The average Bonchev–Trinajstić information content (AvgIpc) is 2.78. The summed E-state index contributed by atoms with van der Waals surface area (Å²) in [6, 6.07) is 17.7. The Bertz CT molecular complexity index is 956. The van der Waals surface area contributed by atoms with Crippen LogP contribution in [0.3, 0.4) is 0 Å². The molecule has 1 aromatic carbocycles. The number of aromatic nitrogens is 3. The van der Waals surface area contributed by atoms with Gasteiger partial charge in [-0.05, 0) is 30.7 Å². The van der Waals surface area contributed by atoms with Crippen LogP contribution in [0.2, 0.25) is 0 Å². The van der Waals surface area contributed by atoms with Gasteiger partial charge in [0.05, 0.1) is 0 Å². The van der Waals surface area contributed by atoms with Gasteiger partial charge in [0.15, 0.2) is 0 Å². The Morgan fingerprint density at radius 2 is 1.76 bits per heavy atom. The van der Waals surface area contributed by atoms with E-state index >= 15 is 0 Å². The number of nitrogens with zero attached hydrogens (tertiary/aromatic N) is 5. The standard InChI is InChI=1S/C22H24N6O/c1-17-15-19(26-22(25-17)24-16-18-7-3-2-4-8-18)21(29)28-13-11-27(12-14-28)20-9-5-6-10-23-20/h2-10,15H,11-14,16H2,1H3,(H,24,25,26). The van der Waals surface area contributed by atoms with Gasteiger partial charge in [-0.25, -0.2) is 15.0 Å². The van der Waals surface area contributed by atoms with Crippen molar-refractivity contribution in [2.45, 2.75) is 13.5 Å². The van der Waals surface area contributed by atoms with Crippen LogP contribution >= 0.6 is 0 Å². The fourth-order valence-electron chi connectivity index (χ4n) is 3.38. The number of nitrogens with one attached hydrogen (secondary N) is 1. The lowest BCUT2D eigenvalue weighted by atomic mass is 10.2. The van der Waals surface area contributed by atoms with E-state index in [4.69, 9.17) is 0 Å². The van der Waals surface area contributed by atoms with Gasteiger partial charge in [0.25, 0.3) is 5.91 Å². The van der Waals surface area contributed by atoms with Crippen molar-refractivity contribution in [2.75, 3.05) is 36.4 Å². The number of hydrogen-bond donors (Lipinski definition) is 1. The smallest absolute Gasteiger partial charge is 0.272 e. The summed E-state index contributed by atoms with van der Waals surface area (Å²) in [5, 5.41) is 3.22. The molecule has 2 aromatic heterocycles. The van der Waals surface area contributed by atoms with Gasteiger partial charge in [-0.2, -0.15) is 0 Å².